The number of carbonyl (C=O) groups excluding carboxylic acids is 1. The molecule has 5 heteroatoms. The van der Waals surface area contributed by atoms with Crippen LogP contribution in [0.3, 0.4) is 0 Å². The quantitative estimate of drug-likeness (QED) is 0.401. The minimum Gasteiger partial charge on any atom is -0.486 e. The van der Waals surface area contributed by atoms with Gasteiger partial charge in [0.15, 0.2) is 5.84 Å². The fourth-order valence-corrected chi connectivity index (χ4v) is 1.47. The molecule has 0 aliphatic carbocycles. The third kappa shape index (κ3) is 5.76. The topological polar surface area (TPSA) is 73.9 Å². The van der Waals surface area contributed by atoms with E-state index in [9.17, 15) is 4.79 Å². The molecule has 2 N–H and O–H groups in total. The molecule has 122 valence electrons. The van der Waals surface area contributed by atoms with E-state index in [1.807, 2.05) is 24.3 Å². The number of carbonyl (C=O) groups is 1. The van der Waals surface area contributed by atoms with Gasteiger partial charge < -0.3 is 15.3 Å². The van der Waals surface area contributed by atoms with E-state index in [4.69, 9.17) is 15.3 Å². The fourth-order valence-electron chi connectivity index (χ4n) is 1.47. The summed E-state index contributed by atoms with van der Waals surface area (Å²) in [5.74, 6) is 0.357. The highest BCUT2D eigenvalue weighted by Gasteiger charge is 2.23. The van der Waals surface area contributed by atoms with Gasteiger partial charge in [0, 0.05) is 0 Å². The fraction of sp³-hybridized carbons (Fsp3) is 0.529. The predicted octanol–water partition coefficient (Wildman–Crippen LogP) is 3.22. The van der Waals surface area contributed by atoms with Crippen LogP contribution >= 0.6 is 0 Å². The minimum atomic E-state index is -0.618. The van der Waals surface area contributed by atoms with Crippen molar-refractivity contribution in [3.63, 3.8) is 0 Å². The van der Waals surface area contributed by atoms with Crippen molar-refractivity contribution in [1.82, 2.24) is 0 Å². The molecule has 0 aromatic heterocycles. The molecule has 1 aromatic carbocycles. The van der Waals surface area contributed by atoms with Crippen LogP contribution in [0, 0.1) is 5.41 Å². The Morgan fingerprint density at radius 1 is 1.09 bits per heavy atom. The summed E-state index contributed by atoms with van der Waals surface area (Å²) < 4.78 is 5.51. The average molecular weight is 306 g/mol. The molecule has 0 radical (unpaired) electrons. The molecule has 1 rings (SSSR count). The molecule has 0 spiro atoms. The first-order valence-electron chi connectivity index (χ1n) is 7.27. The molecule has 0 aliphatic heterocycles. The van der Waals surface area contributed by atoms with Crippen molar-refractivity contribution in [2.75, 3.05) is 6.61 Å². The number of rotatable bonds is 4. The van der Waals surface area contributed by atoms with Crippen LogP contribution in [0.25, 0.3) is 0 Å². The van der Waals surface area contributed by atoms with Gasteiger partial charge in [0.25, 0.3) is 0 Å². The van der Waals surface area contributed by atoms with E-state index in [-0.39, 0.29) is 17.9 Å². The Kier molecular flexibility index (Phi) is 5.58. The van der Waals surface area contributed by atoms with Crippen LogP contribution in [0.5, 0.6) is 5.75 Å². The molecule has 0 saturated carbocycles. The van der Waals surface area contributed by atoms with Crippen molar-refractivity contribution in [3.8, 4) is 5.75 Å². The molecular formula is C17H26N2O3. The van der Waals surface area contributed by atoms with Gasteiger partial charge >= 0.3 is 5.97 Å². The number of oxime groups is 1. The first-order chi connectivity index (χ1) is 10.00. The molecule has 0 heterocycles. The maximum absolute atomic E-state index is 11.5. The molecule has 5 nitrogen and oxygen atoms in total. The zero-order valence-corrected chi connectivity index (χ0v) is 14.3. The van der Waals surface area contributed by atoms with Gasteiger partial charge in [-0.2, -0.15) is 0 Å². The third-order valence-corrected chi connectivity index (χ3v) is 2.97. The summed E-state index contributed by atoms with van der Waals surface area (Å²) >= 11 is 0. The first-order valence-corrected chi connectivity index (χ1v) is 7.27. The Labute approximate surface area is 132 Å². The lowest BCUT2D eigenvalue weighted by Crippen LogP contribution is -2.25. The molecule has 0 amide bonds. The zero-order chi connectivity index (χ0) is 17.0. The Morgan fingerprint density at radius 2 is 1.64 bits per heavy atom. The summed E-state index contributed by atoms with van der Waals surface area (Å²) in [5, 5.41) is 3.58. The summed E-state index contributed by atoms with van der Waals surface area (Å²) in [7, 11) is 0. The zero-order valence-electron chi connectivity index (χ0n) is 14.3. The summed E-state index contributed by atoms with van der Waals surface area (Å²) in [6.45, 7) is 11.7. The average Bonchev–Trinajstić information content (AvgIpc) is 2.40. The smallest absolute Gasteiger partial charge is 0.340 e. The van der Waals surface area contributed by atoms with E-state index in [0.29, 0.717) is 5.75 Å². The largest absolute Gasteiger partial charge is 0.486 e. The summed E-state index contributed by atoms with van der Waals surface area (Å²) in [6.07, 6.45) is 0. The maximum Gasteiger partial charge on any atom is 0.340 e. The molecule has 1 aromatic rings. The highest BCUT2D eigenvalue weighted by molar-refractivity contribution is 5.83. The SMILES string of the molecule is CC(C)(C)C(=O)O/N=C(\N)COc1ccc(C(C)(C)C)cc1. The predicted molar refractivity (Wildman–Crippen MR) is 87.8 cm³/mol. The molecule has 0 saturated heterocycles. The monoisotopic (exact) mass is 306 g/mol. The van der Waals surface area contributed by atoms with Crippen molar-refractivity contribution in [2.24, 2.45) is 16.3 Å². The molecule has 0 unspecified atom stereocenters. The first kappa shape index (κ1) is 18.0. The normalized spacial score (nSPS) is 12.9. The van der Waals surface area contributed by atoms with E-state index in [2.05, 4.69) is 25.9 Å². The minimum absolute atomic E-state index is 0.0618. The molecular weight excluding hydrogens is 280 g/mol. The van der Waals surface area contributed by atoms with E-state index in [1.54, 1.807) is 20.8 Å². The Bertz CT molecular complexity index is 535. The number of hydrogen-bond donors (Lipinski definition) is 1. The van der Waals surface area contributed by atoms with Gasteiger partial charge in [-0.3, -0.25) is 0 Å². The molecule has 0 atom stereocenters. The van der Waals surface area contributed by atoms with E-state index in [0.717, 1.165) is 0 Å². The third-order valence-electron chi connectivity index (χ3n) is 2.97. The second-order valence-corrected chi connectivity index (χ2v) is 7.27. The lowest BCUT2D eigenvalue weighted by Gasteiger charge is -2.19. The van der Waals surface area contributed by atoms with Gasteiger partial charge in [0.05, 0.1) is 5.41 Å². The lowest BCUT2D eigenvalue weighted by molar-refractivity contribution is -0.152. The Balaban J connectivity index is 2.54. The van der Waals surface area contributed by atoms with Crippen LogP contribution in [-0.2, 0) is 15.0 Å². The highest BCUT2D eigenvalue weighted by atomic mass is 16.7. The van der Waals surface area contributed by atoms with Crippen LogP contribution < -0.4 is 10.5 Å². The van der Waals surface area contributed by atoms with Gasteiger partial charge in [-0.15, -0.1) is 0 Å². The van der Waals surface area contributed by atoms with Crippen molar-refractivity contribution < 1.29 is 14.4 Å². The van der Waals surface area contributed by atoms with Gasteiger partial charge in [-0.25, -0.2) is 4.79 Å². The van der Waals surface area contributed by atoms with Gasteiger partial charge in [-0.05, 0) is 43.9 Å². The van der Waals surface area contributed by atoms with E-state index < -0.39 is 11.4 Å². The summed E-state index contributed by atoms with van der Waals surface area (Å²) in [6, 6.07) is 7.80. The molecule has 22 heavy (non-hydrogen) atoms. The van der Waals surface area contributed by atoms with Crippen LogP contribution in [0.4, 0.5) is 0 Å². The summed E-state index contributed by atoms with van der Waals surface area (Å²) in [4.78, 5) is 16.3. The van der Waals surface area contributed by atoms with Gasteiger partial charge in [0.1, 0.15) is 12.4 Å². The second-order valence-electron chi connectivity index (χ2n) is 7.27. The number of nitrogens with zero attached hydrogens (tertiary/aromatic N) is 1. The Morgan fingerprint density at radius 3 is 2.09 bits per heavy atom. The van der Waals surface area contributed by atoms with Crippen LogP contribution in [0.2, 0.25) is 0 Å². The molecule has 0 fully saturated rings. The molecule has 0 aliphatic rings. The van der Waals surface area contributed by atoms with Crippen molar-refractivity contribution >= 4 is 11.8 Å². The van der Waals surface area contributed by atoms with E-state index in [1.165, 1.54) is 5.56 Å². The van der Waals surface area contributed by atoms with Crippen molar-refractivity contribution in [2.45, 2.75) is 47.0 Å². The van der Waals surface area contributed by atoms with Crippen LogP contribution in [-0.4, -0.2) is 18.4 Å². The summed E-state index contributed by atoms with van der Waals surface area (Å²) in [5.41, 5.74) is 6.36. The van der Waals surface area contributed by atoms with E-state index >= 15 is 0 Å². The standard InChI is InChI=1S/C17H26N2O3/c1-16(2,3)12-7-9-13(10-8-12)21-11-14(18)19-22-15(20)17(4,5)6/h7-10H,11H2,1-6H3,(H2,18,19). The maximum atomic E-state index is 11.5. The van der Waals surface area contributed by atoms with Crippen molar-refractivity contribution in [1.29, 1.82) is 0 Å². The second kappa shape index (κ2) is 6.81. The van der Waals surface area contributed by atoms with Crippen LogP contribution in [0.1, 0.15) is 47.1 Å². The highest BCUT2D eigenvalue weighted by Crippen LogP contribution is 2.24. The Hall–Kier alpha value is -2.04. The lowest BCUT2D eigenvalue weighted by atomic mass is 9.87. The van der Waals surface area contributed by atoms with Gasteiger partial charge in [0.2, 0.25) is 0 Å². The number of benzene rings is 1. The number of ether oxygens (including phenoxy) is 1. The number of hydrogen-bond acceptors (Lipinski definition) is 4. The number of nitrogens with two attached hydrogens (primary N) is 1. The molecule has 0 bridgehead atoms. The van der Waals surface area contributed by atoms with Crippen LogP contribution in [0.15, 0.2) is 29.4 Å². The van der Waals surface area contributed by atoms with Gasteiger partial charge in [-0.1, -0.05) is 38.1 Å². The number of amidine groups is 1. The van der Waals surface area contributed by atoms with Crippen molar-refractivity contribution in [3.05, 3.63) is 29.8 Å².